The first kappa shape index (κ1) is 15.3. The average molecular weight is 306 g/mol. The first-order valence-corrected chi connectivity index (χ1v) is 7.37. The zero-order valence-corrected chi connectivity index (χ0v) is 13.1. The molecule has 0 bridgehead atoms. The minimum atomic E-state index is -0.175. The second-order valence-electron chi connectivity index (χ2n) is 4.46. The topological polar surface area (TPSA) is 60.5 Å². The summed E-state index contributed by atoms with van der Waals surface area (Å²) in [7, 11) is 1.57. The van der Waals surface area contributed by atoms with Crippen molar-refractivity contribution in [3.63, 3.8) is 0 Å². The van der Waals surface area contributed by atoms with Gasteiger partial charge in [-0.2, -0.15) is 0 Å². The maximum atomic E-state index is 11.8. The van der Waals surface area contributed by atoms with Crippen LogP contribution in [-0.4, -0.2) is 24.6 Å². The number of rotatable bonds is 6. The number of nitrogens with zero attached hydrogens (tertiary/aromatic N) is 1. The highest BCUT2D eigenvalue weighted by Crippen LogP contribution is 2.25. The van der Waals surface area contributed by atoms with Crippen molar-refractivity contribution in [2.45, 2.75) is 20.4 Å². The molecule has 0 fully saturated rings. The Bertz CT molecular complexity index is 625. The summed E-state index contributed by atoms with van der Waals surface area (Å²) in [6.07, 6.45) is 0. The molecule has 1 heterocycles. The zero-order chi connectivity index (χ0) is 15.2. The van der Waals surface area contributed by atoms with Gasteiger partial charge in [-0.3, -0.25) is 4.79 Å². The van der Waals surface area contributed by atoms with E-state index in [1.165, 1.54) is 0 Å². The van der Waals surface area contributed by atoms with Gasteiger partial charge in [-0.15, -0.1) is 11.3 Å². The van der Waals surface area contributed by atoms with Crippen molar-refractivity contribution in [2.24, 2.45) is 0 Å². The smallest absolute Gasteiger partial charge is 0.258 e. The number of nitrogens with one attached hydrogen (secondary N) is 1. The van der Waals surface area contributed by atoms with Crippen molar-refractivity contribution in [1.29, 1.82) is 0 Å². The predicted molar refractivity (Wildman–Crippen MR) is 81.9 cm³/mol. The lowest BCUT2D eigenvalue weighted by Crippen LogP contribution is -2.28. The lowest BCUT2D eigenvalue weighted by Gasteiger charge is -2.10. The summed E-state index contributed by atoms with van der Waals surface area (Å²) in [5.74, 6) is 0.991. The standard InChI is InChI=1S/C15H18N2O3S/c1-10-14(21-11(2)17-10)8-16-15(18)9-20-13-7-5-4-6-12(13)19-3/h4-7H,8-9H2,1-3H3,(H,16,18). The number of amides is 1. The Morgan fingerprint density at radius 2 is 2.00 bits per heavy atom. The summed E-state index contributed by atoms with van der Waals surface area (Å²) in [6, 6.07) is 7.24. The van der Waals surface area contributed by atoms with E-state index in [2.05, 4.69) is 10.3 Å². The highest BCUT2D eigenvalue weighted by Gasteiger charge is 2.09. The van der Waals surface area contributed by atoms with Crippen molar-refractivity contribution < 1.29 is 14.3 Å². The third-order valence-electron chi connectivity index (χ3n) is 2.87. The summed E-state index contributed by atoms with van der Waals surface area (Å²) >= 11 is 1.59. The maximum Gasteiger partial charge on any atom is 0.258 e. The number of para-hydroxylation sites is 2. The third kappa shape index (κ3) is 4.19. The molecule has 0 unspecified atom stereocenters. The van der Waals surface area contributed by atoms with Gasteiger partial charge in [-0.25, -0.2) is 4.98 Å². The lowest BCUT2D eigenvalue weighted by atomic mass is 10.3. The monoisotopic (exact) mass is 306 g/mol. The lowest BCUT2D eigenvalue weighted by molar-refractivity contribution is -0.123. The summed E-state index contributed by atoms with van der Waals surface area (Å²) in [5.41, 5.74) is 0.962. The number of benzene rings is 1. The van der Waals surface area contributed by atoms with E-state index in [-0.39, 0.29) is 12.5 Å². The highest BCUT2D eigenvalue weighted by molar-refractivity contribution is 7.11. The Balaban J connectivity index is 1.84. The molecule has 0 spiro atoms. The Labute approximate surface area is 127 Å². The molecule has 0 atom stereocenters. The summed E-state index contributed by atoms with van der Waals surface area (Å²) in [6.45, 7) is 4.33. The minimum Gasteiger partial charge on any atom is -0.493 e. The SMILES string of the molecule is COc1ccccc1OCC(=O)NCc1sc(C)nc1C. The predicted octanol–water partition coefficient (Wildman–Crippen LogP) is 2.46. The van der Waals surface area contributed by atoms with Crippen LogP contribution in [0, 0.1) is 13.8 Å². The van der Waals surface area contributed by atoms with E-state index in [0.717, 1.165) is 15.6 Å². The Hall–Kier alpha value is -2.08. The number of methoxy groups -OCH3 is 1. The molecule has 1 N–H and O–H groups in total. The number of carbonyl (C=O) groups is 1. The minimum absolute atomic E-state index is 0.0444. The van der Waals surface area contributed by atoms with Crippen LogP contribution in [0.3, 0.4) is 0 Å². The third-order valence-corrected chi connectivity index (χ3v) is 3.95. The van der Waals surface area contributed by atoms with Gasteiger partial charge >= 0.3 is 0 Å². The molecule has 5 nitrogen and oxygen atoms in total. The molecule has 2 rings (SSSR count). The molecule has 0 saturated carbocycles. The van der Waals surface area contributed by atoms with Gasteiger partial charge in [0.2, 0.25) is 0 Å². The van der Waals surface area contributed by atoms with Gasteiger partial charge in [0.25, 0.3) is 5.91 Å². The Kier molecular flexibility index (Phi) is 5.16. The van der Waals surface area contributed by atoms with Crippen molar-refractivity contribution in [1.82, 2.24) is 10.3 Å². The van der Waals surface area contributed by atoms with Crippen LogP contribution in [0.4, 0.5) is 0 Å². The van der Waals surface area contributed by atoms with Gasteiger partial charge in [0, 0.05) is 4.88 Å². The van der Waals surface area contributed by atoms with Crippen LogP contribution in [0.1, 0.15) is 15.6 Å². The van der Waals surface area contributed by atoms with E-state index >= 15 is 0 Å². The fourth-order valence-corrected chi connectivity index (χ4v) is 2.73. The number of aryl methyl sites for hydroxylation is 2. The zero-order valence-electron chi connectivity index (χ0n) is 12.3. The van der Waals surface area contributed by atoms with Crippen LogP contribution in [0.2, 0.25) is 0 Å². The second-order valence-corrected chi connectivity index (χ2v) is 5.75. The highest BCUT2D eigenvalue weighted by atomic mass is 32.1. The van der Waals surface area contributed by atoms with Crippen LogP contribution < -0.4 is 14.8 Å². The van der Waals surface area contributed by atoms with Crippen molar-refractivity contribution >= 4 is 17.2 Å². The van der Waals surface area contributed by atoms with E-state index in [9.17, 15) is 4.79 Å². The van der Waals surface area contributed by atoms with E-state index < -0.39 is 0 Å². The van der Waals surface area contributed by atoms with Gasteiger partial charge in [0.15, 0.2) is 18.1 Å². The number of ether oxygens (including phenoxy) is 2. The largest absolute Gasteiger partial charge is 0.493 e. The van der Waals surface area contributed by atoms with E-state index in [1.807, 2.05) is 26.0 Å². The van der Waals surface area contributed by atoms with Gasteiger partial charge in [0.1, 0.15) is 0 Å². The van der Waals surface area contributed by atoms with Crippen LogP contribution in [0.5, 0.6) is 11.5 Å². The number of hydrogen-bond acceptors (Lipinski definition) is 5. The van der Waals surface area contributed by atoms with Crippen molar-refractivity contribution in [3.8, 4) is 11.5 Å². The van der Waals surface area contributed by atoms with Gasteiger partial charge < -0.3 is 14.8 Å². The number of hydrogen-bond donors (Lipinski definition) is 1. The maximum absolute atomic E-state index is 11.8. The molecule has 6 heteroatoms. The quantitative estimate of drug-likeness (QED) is 0.890. The average Bonchev–Trinajstić information content (AvgIpc) is 2.81. The normalized spacial score (nSPS) is 10.2. The summed E-state index contributed by atoms with van der Waals surface area (Å²) < 4.78 is 10.6. The van der Waals surface area contributed by atoms with Crippen LogP contribution in [-0.2, 0) is 11.3 Å². The van der Waals surface area contributed by atoms with Crippen LogP contribution in [0.15, 0.2) is 24.3 Å². The van der Waals surface area contributed by atoms with E-state index in [0.29, 0.717) is 18.0 Å². The molecule has 0 aliphatic rings. The van der Waals surface area contributed by atoms with Crippen LogP contribution in [0.25, 0.3) is 0 Å². The molecule has 0 aliphatic heterocycles. The summed E-state index contributed by atoms with van der Waals surface area (Å²) in [4.78, 5) is 17.2. The molecule has 1 aromatic heterocycles. The van der Waals surface area contributed by atoms with Gasteiger partial charge in [0.05, 0.1) is 24.4 Å². The molecule has 0 saturated heterocycles. The van der Waals surface area contributed by atoms with Crippen molar-refractivity contribution in [3.05, 3.63) is 39.8 Å². The number of thiazole rings is 1. The molecule has 21 heavy (non-hydrogen) atoms. The molecule has 1 amide bonds. The van der Waals surface area contributed by atoms with Crippen molar-refractivity contribution in [2.75, 3.05) is 13.7 Å². The molecular formula is C15H18N2O3S. The number of aromatic nitrogens is 1. The van der Waals surface area contributed by atoms with Gasteiger partial charge in [-0.1, -0.05) is 12.1 Å². The second kappa shape index (κ2) is 7.08. The Morgan fingerprint density at radius 1 is 1.29 bits per heavy atom. The molecular weight excluding hydrogens is 288 g/mol. The first-order valence-electron chi connectivity index (χ1n) is 6.55. The van der Waals surface area contributed by atoms with Crippen LogP contribution >= 0.6 is 11.3 Å². The van der Waals surface area contributed by atoms with E-state index in [1.54, 1.807) is 30.6 Å². The Morgan fingerprint density at radius 3 is 2.62 bits per heavy atom. The molecule has 112 valence electrons. The van der Waals surface area contributed by atoms with Gasteiger partial charge in [-0.05, 0) is 26.0 Å². The van der Waals surface area contributed by atoms with E-state index in [4.69, 9.17) is 9.47 Å². The number of carbonyl (C=O) groups excluding carboxylic acids is 1. The first-order chi connectivity index (χ1) is 10.1. The summed E-state index contributed by atoms with van der Waals surface area (Å²) in [5, 5.41) is 3.83. The molecule has 1 aromatic carbocycles. The fraction of sp³-hybridized carbons (Fsp3) is 0.333. The fourth-order valence-electron chi connectivity index (χ4n) is 1.85. The molecule has 0 radical (unpaired) electrons. The molecule has 2 aromatic rings. The molecule has 0 aliphatic carbocycles.